The molecule has 2 fully saturated rings. The molecular weight excluding hydrogens is 382 g/mol. The van der Waals surface area contributed by atoms with Gasteiger partial charge in [-0.3, -0.25) is 23.9 Å². The van der Waals surface area contributed by atoms with Crippen LogP contribution in [0.3, 0.4) is 0 Å². The molecule has 2 aliphatic rings. The minimum atomic E-state index is -0.358. The molecule has 1 spiro atoms. The molecule has 8 nitrogen and oxygen atoms in total. The van der Waals surface area contributed by atoms with E-state index in [1.165, 1.54) is 16.5 Å². The van der Waals surface area contributed by atoms with Gasteiger partial charge >= 0.3 is 0 Å². The second-order valence-corrected chi connectivity index (χ2v) is 8.21. The van der Waals surface area contributed by atoms with Gasteiger partial charge in [0.2, 0.25) is 5.91 Å². The van der Waals surface area contributed by atoms with E-state index in [2.05, 4.69) is 14.9 Å². The fourth-order valence-electron chi connectivity index (χ4n) is 4.67. The number of hydrogen-bond donors (Lipinski definition) is 1. The van der Waals surface area contributed by atoms with E-state index in [1.807, 2.05) is 23.1 Å². The topological polar surface area (TPSA) is 91.0 Å². The predicted molar refractivity (Wildman–Crippen MR) is 110 cm³/mol. The molecule has 3 aromatic rings. The standard InChI is InChI=1S/C22H23N5O3/c28-18-5-3-9-27-19(29)12-17(24-20(18)27)13-25-10-6-22(15-25)7-11-26(21(22)30)14-16-4-1-2-8-23-16/h1-5,8-9,12,28H,6-7,10-11,13-15H2. The van der Waals surface area contributed by atoms with Crippen molar-refractivity contribution in [1.82, 2.24) is 24.2 Å². The van der Waals surface area contributed by atoms with Crippen LogP contribution in [0.1, 0.15) is 24.2 Å². The molecule has 2 aliphatic heterocycles. The summed E-state index contributed by atoms with van der Waals surface area (Å²) in [6.45, 7) is 3.21. The van der Waals surface area contributed by atoms with E-state index in [0.29, 0.717) is 25.3 Å². The number of carbonyl (C=O) groups excluding carboxylic acids is 1. The van der Waals surface area contributed by atoms with E-state index in [1.54, 1.807) is 18.5 Å². The molecule has 0 aliphatic carbocycles. The molecule has 154 valence electrons. The minimum absolute atomic E-state index is 0.0227. The van der Waals surface area contributed by atoms with Crippen LogP contribution in [-0.4, -0.2) is 54.8 Å². The molecule has 2 saturated heterocycles. The van der Waals surface area contributed by atoms with Crippen molar-refractivity contribution in [2.45, 2.75) is 25.9 Å². The van der Waals surface area contributed by atoms with Crippen molar-refractivity contribution < 1.29 is 9.90 Å². The Bertz CT molecular complexity index is 1160. The van der Waals surface area contributed by atoms with Crippen LogP contribution in [0.5, 0.6) is 5.75 Å². The maximum absolute atomic E-state index is 13.2. The summed E-state index contributed by atoms with van der Waals surface area (Å²) in [7, 11) is 0. The number of aromatic nitrogens is 3. The Morgan fingerprint density at radius 2 is 1.90 bits per heavy atom. The number of likely N-dealkylation sites (tertiary alicyclic amines) is 2. The molecule has 0 bridgehead atoms. The number of fused-ring (bicyclic) bond motifs is 1. The molecule has 0 radical (unpaired) electrons. The molecule has 0 saturated carbocycles. The maximum Gasteiger partial charge on any atom is 0.258 e. The lowest BCUT2D eigenvalue weighted by Crippen LogP contribution is -2.36. The third kappa shape index (κ3) is 3.23. The summed E-state index contributed by atoms with van der Waals surface area (Å²) in [6, 6.07) is 10.4. The zero-order chi connectivity index (χ0) is 20.7. The number of carbonyl (C=O) groups is 1. The van der Waals surface area contributed by atoms with Crippen LogP contribution in [0.2, 0.25) is 0 Å². The summed E-state index contributed by atoms with van der Waals surface area (Å²) in [6.07, 6.45) is 4.98. The lowest BCUT2D eigenvalue weighted by Gasteiger charge is -2.23. The van der Waals surface area contributed by atoms with Gasteiger partial charge in [-0.2, -0.15) is 0 Å². The normalized spacial score (nSPS) is 21.9. The van der Waals surface area contributed by atoms with E-state index < -0.39 is 0 Å². The first kappa shape index (κ1) is 18.7. The van der Waals surface area contributed by atoms with Gasteiger partial charge in [-0.05, 0) is 43.7 Å². The molecular formula is C22H23N5O3. The van der Waals surface area contributed by atoms with E-state index in [-0.39, 0.29) is 28.3 Å². The van der Waals surface area contributed by atoms with Crippen LogP contribution in [0.25, 0.3) is 5.65 Å². The van der Waals surface area contributed by atoms with Gasteiger partial charge < -0.3 is 10.0 Å². The van der Waals surface area contributed by atoms with Crippen molar-refractivity contribution in [1.29, 1.82) is 0 Å². The first-order chi connectivity index (χ1) is 14.5. The minimum Gasteiger partial charge on any atom is -0.504 e. The number of hydrogen-bond acceptors (Lipinski definition) is 6. The zero-order valence-corrected chi connectivity index (χ0v) is 16.6. The largest absolute Gasteiger partial charge is 0.504 e. The van der Waals surface area contributed by atoms with Crippen molar-refractivity contribution in [3.63, 3.8) is 0 Å². The molecule has 5 rings (SSSR count). The number of aromatic hydroxyl groups is 1. The van der Waals surface area contributed by atoms with Crippen molar-refractivity contribution >= 4 is 11.6 Å². The third-order valence-electron chi connectivity index (χ3n) is 6.22. The van der Waals surface area contributed by atoms with E-state index in [0.717, 1.165) is 31.6 Å². The first-order valence-electron chi connectivity index (χ1n) is 10.2. The van der Waals surface area contributed by atoms with Gasteiger partial charge in [0.15, 0.2) is 11.4 Å². The maximum atomic E-state index is 13.2. The number of pyridine rings is 2. The first-order valence-corrected chi connectivity index (χ1v) is 10.2. The van der Waals surface area contributed by atoms with Crippen molar-refractivity contribution in [2.75, 3.05) is 19.6 Å². The number of amides is 1. The Morgan fingerprint density at radius 3 is 2.73 bits per heavy atom. The van der Waals surface area contributed by atoms with Crippen LogP contribution < -0.4 is 5.56 Å². The smallest absolute Gasteiger partial charge is 0.258 e. The summed E-state index contributed by atoms with van der Waals surface area (Å²) in [4.78, 5) is 38.4. The monoisotopic (exact) mass is 405 g/mol. The lowest BCUT2D eigenvalue weighted by atomic mass is 9.85. The second-order valence-electron chi connectivity index (χ2n) is 8.21. The summed E-state index contributed by atoms with van der Waals surface area (Å²) >= 11 is 0. The van der Waals surface area contributed by atoms with Crippen molar-refractivity contribution in [3.8, 4) is 5.75 Å². The van der Waals surface area contributed by atoms with Crippen molar-refractivity contribution in [2.24, 2.45) is 5.41 Å². The van der Waals surface area contributed by atoms with Gasteiger partial charge in [0.25, 0.3) is 5.56 Å². The fraction of sp³-hybridized carbons (Fsp3) is 0.364. The zero-order valence-electron chi connectivity index (χ0n) is 16.6. The van der Waals surface area contributed by atoms with Gasteiger partial charge in [-0.15, -0.1) is 0 Å². The molecule has 1 N–H and O–H groups in total. The fourth-order valence-corrected chi connectivity index (χ4v) is 4.67. The molecule has 1 amide bonds. The Balaban J connectivity index is 1.30. The predicted octanol–water partition coefficient (Wildman–Crippen LogP) is 1.42. The molecule has 1 atom stereocenters. The van der Waals surface area contributed by atoms with Gasteiger partial charge in [-0.25, -0.2) is 4.98 Å². The molecule has 5 heterocycles. The van der Waals surface area contributed by atoms with Crippen LogP contribution in [-0.2, 0) is 17.9 Å². The Kier molecular flexibility index (Phi) is 4.51. The van der Waals surface area contributed by atoms with Gasteiger partial charge in [-0.1, -0.05) is 6.07 Å². The van der Waals surface area contributed by atoms with Crippen LogP contribution in [0, 0.1) is 5.41 Å². The van der Waals surface area contributed by atoms with Gasteiger partial charge in [0.1, 0.15) is 0 Å². The van der Waals surface area contributed by atoms with Crippen molar-refractivity contribution in [3.05, 3.63) is 70.5 Å². The summed E-state index contributed by atoms with van der Waals surface area (Å²) in [5.74, 6) is 0.172. The Labute approximate surface area is 173 Å². The SMILES string of the molecule is O=C1N(Cc2ccccn2)CCC12CCN(Cc1cc(=O)n3cccc(O)c3n1)C2. The highest BCUT2D eigenvalue weighted by molar-refractivity contribution is 5.85. The lowest BCUT2D eigenvalue weighted by molar-refractivity contribution is -0.136. The number of nitrogens with zero attached hydrogens (tertiary/aromatic N) is 5. The average molecular weight is 405 g/mol. The van der Waals surface area contributed by atoms with E-state index in [9.17, 15) is 14.7 Å². The molecule has 0 aromatic carbocycles. The molecule has 8 heteroatoms. The average Bonchev–Trinajstić information content (AvgIpc) is 3.28. The summed E-state index contributed by atoms with van der Waals surface area (Å²) in [5.41, 5.74) is 1.18. The highest BCUT2D eigenvalue weighted by Gasteiger charge is 2.50. The van der Waals surface area contributed by atoms with E-state index in [4.69, 9.17) is 0 Å². The highest BCUT2D eigenvalue weighted by Crippen LogP contribution is 2.41. The number of rotatable bonds is 4. The summed E-state index contributed by atoms with van der Waals surface area (Å²) in [5, 5.41) is 10.0. The van der Waals surface area contributed by atoms with Crippen LogP contribution in [0.4, 0.5) is 0 Å². The van der Waals surface area contributed by atoms with Crippen LogP contribution in [0.15, 0.2) is 53.6 Å². The summed E-state index contributed by atoms with van der Waals surface area (Å²) < 4.78 is 1.33. The van der Waals surface area contributed by atoms with Crippen LogP contribution >= 0.6 is 0 Å². The third-order valence-corrected chi connectivity index (χ3v) is 6.22. The second kappa shape index (κ2) is 7.21. The molecule has 1 unspecified atom stereocenters. The Morgan fingerprint density at radius 1 is 1.03 bits per heavy atom. The van der Waals surface area contributed by atoms with E-state index >= 15 is 0 Å². The highest BCUT2D eigenvalue weighted by atomic mass is 16.3. The molecule has 3 aromatic heterocycles. The van der Waals surface area contributed by atoms with Gasteiger partial charge in [0.05, 0.1) is 23.3 Å². The quantitative estimate of drug-likeness (QED) is 0.706. The van der Waals surface area contributed by atoms with Gasteiger partial charge in [0, 0.05) is 38.1 Å². The Hall–Kier alpha value is -3.26. The molecule has 30 heavy (non-hydrogen) atoms.